The van der Waals surface area contributed by atoms with Crippen LogP contribution >= 0.6 is 38.5 Å². The Morgan fingerprint density at radius 1 is 1.10 bits per heavy atom. The number of hydrogen-bond acceptors (Lipinski definition) is 3. The van der Waals surface area contributed by atoms with Crippen molar-refractivity contribution in [1.29, 1.82) is 0 Å². The van der Waals surface area contributed by atoms with E-state index in [1.54, 1.807) is 0 Å². The van der Waals surface area contributed by atoms with Crippen LogP contribution < -0.4 is 15.2 Å². The van der Waals surface area contributed by atoms with Gasteiger partial charge in [-0.05, 0) is 80.8 Å². The first kappa shape index (κ1) is 16.6. The molecule has 0 spiro atoms. The Morgan fingerprint density at radius 2 is 1.81 bits per heavy atom. The summed E-state index contributed by atoms with van der Waals surface area (Å²) in [6.45, 7) is 3.50. The Balaban J connectivity index is 2.19. The summed E-state index contributed by atoms with van der Waals surface area (Å²) in [4.78, 5) is 0. The highest BCUT2D eigenvalue weighted by atomic mass is 127. The van der Waals surface area contributed by atoms with E-state index < -0.39 is 0 Å². The first-order valence-corrected chi connectivity index (χ1v) is 8.53. The van der Waals surface area contributed by atoms with E-state index in [1.807, 2.05) is 19.1 Å². The van der Waals surface area contributed by atoms with Crippen molar-refractivity contribution >= 4 is 38.5 Å². The van der Waals surface area contributed by atoms with Crippen LogP contribution in [0.3, 0.4) is 0 Å². The number of nitrogens with two attached hydrogens (primary N) is 1. The van der Waals surface area contributed by atoms with Crippen LogP contribution in [0.5, 0.6) is 11.5 Å². The van der Waals surface area contributed by atoms with Crippen LogP contribution in [0.1, 0.15) is 18.1 Å². The summed E-state index contributed by atoms with van der Waals surface area (Å²) < 4.78 is 13.7. The Hall–Kier alpha value is -0.790. The smallest absolute Gasteiger partial charge is 0.175 e. The molecule has 2 rings (SSSR count). The molecule has 3 nitrogen and oxygen atoms in total. The van der Waals surface area contributed by atoms with Gasteiger partial charge in [0.25, 0.3) is 0 Å². The predicted octanol–water partition coefficient (Wildman–Crippen LogP) is 4.49. The first-order valence-electron chi connectivity index (χ1n) is 6.66. The van der Waals surface area contributed by atoms with Gasteiger partial charge in [-0.25, -0.2) is 0 Å². The topological polar surface area (TPSA) is 44.5 Å². The van der Waals surface area contributed by atoms with Gasteiger partial charge in [0.05, 0.1) is 11.1 Å². The van der Waals surface area contributed by atoms with E-state index in [0.29, 0.717) is 25.5 Å². The van der Waals surface area contributed by atoms with Crippen molar-refractivity contribution in [2.45, 2.75) is 20.1 Å². The third kappa shape index (κ3) is 4.59. The van der Waals surface area contributed by atoms with Crippen molar-refractivity contribution in [3.05, 3.63) is 55.6 Å². The van der Waals surface area contributed by atoms with Gasteiger partial charge in [0.1, 0.15) is 6.61 Å². The Bertz CT molecular complexity index is 602. The molecule has 0 aliphatic rings. The van der Waals surface area contributed by atoms with Gasteiger partial charge < -0.3 is 15.2 Å². The van der Waals surface area contributed by atoms with Crippen LogP contribution in [-0.2, 0) is 13.2 Å². The van der Waals surface area contributed by atoms with Crippen molar-refractivity contribution in [1.82, 2.24) is 0 Å². The molecular weight excluding hydrogens is 445 g/mol. The van der Waals surface area contributed by atoms with Crippen LogP contribution in [-0.4, -0.2) is 6.61 Å². The molecule has 0 aliphatic carbocycles. The molecule has 0 saturated carbocycles. The number of halogens is 2. The SMILES string of the molecule is CCOc1cc(CN)cc(Br)c1OCc1ccc(I)cc1. The molecule has 2 aromatic carbocycles. The maximum absolute atomic E-state index is 5.93. The van der Waals surface area contributed by atoms with Gasteiger partial charge in [0.15, 0.2) is 11.5 Å². The molecule has 2 aromatic rings. The fraction of sp³-hybridized carbons (Fsp3) is 0.250. The van der Waals surface area contributed by atoms with E-state index in [-0.39, 0.29) is 0 Å². The Labute approximate surface area is 147 Å². The molecule has 0 atom stereocenters. The van der Waals surface area contributed by atoms with Gasteiger partial charge in [-0.3, -0.25) is 0 Å². The van der Waals surface area contributed by atoms with Crippen LogP contribution in [0.2, 0.25) is 0 Å². The maximum atomic E-state index is 5.93. The molecule has 0 bridgehead atoms. The Morgan fingerprint density at radius 3 is 2.43 bits per heavy atom. The summed E-state index contributed by atoms with van der Waals surface area (Å²) in [5.41, 5.74) is 7.82. The predicted molar refractivity (Wildman–Crippen MR) is 96.7 cm³/mol. The van der Waals surface area contributed by atoms with E-state index in [1.165, 1.54) is 3.57 Å². The molecule has 0 amide bonds. The lowest BCUT2D eigenvalue weighted by molar-refractivity contribution is 0.267. The van der Waals surface area contributed by atoms with Crippen LogP contribution in [0.15, 0.2) is 40.9 Å². The number of hydrogen-bond donors (Lipinski definition) is 1. The molecule has 0 aromatic heterocycles. The lowest BCUT2D eigenvalue weighted by Crippen LogP contribution is -2.03. The third-order valence-electron chi connectivity index (χ3n) is 2.90. The Kier molecular flexibility index (Phi) is 6.32. The minimum absolute atomic E-state index is 0.468. The quantitative estimate of drug-likeness (QED) is 0.644. The summed E-state index contributed by atoms with van der Waals surface area (Å²) in [7, 11) is 0. The van der Waals surface area contributed by atoms with Gasteiger partial charge >= 0.3 is 0 Å². The highest BCUT2D eigenvalue weighted by Crippen LogP contribution is 2.37. The van der Waals surface area contributed by atoms with Crippen LogP contribution in [0.25, 0.3) is 0 Å². The van der Waals surface area contributed by atoms with Gasteiger partial charge in [-0.15, -0.1) is 0 Å². The highest BCUT2D eigenvalue weighted by molar-refractivity contribution is 14.1. The zero-order chi connectivity index (χ0) is 15.2. The molecule has 2 N–H and O–H groups in total. The fourth-order valence-corrected chi connectivity index (χ4v) is 2.84. The van der Waals surface area contributed by atoms with Gasteiger partial charge in [-0.2, -0.15) is 0 Å². The summed E-state index contributed by atoms with van der Waals surface area (Å²) >= 11 is 5.82. The second-order valence-electron chi connectivity index (χ2n) is 4.46. The summed E-state index contributed by atoms with van der Waals surface area (Å²) in [6.07, 6.45) is 0. The second-order valence-corrected chi connectivity index (χ2v) is 6.56. The van der Waals surface area contributed by atoms with Crippen LogP contribution in [0.4, 0.5) is 0 Å². The monoisotopic (exact) mass is 461 g/mol. The summed E-state index contributed by atoms with van der Waals surface area (Å²) in [6, 6.07) is 12.1. The van der Waals surface area contributed by atoms with E-state index in [4.69, 9.17) is 15.2 Å². The number of ether oxygens (including phenoxy) is 2. The minimum Gasteiger partial charge on any atom is -0.490 e. The largest absolute Gasteiger partial charge is 0.490 e. The molecule has 0 saturated heterocycles. The van der Waals surface area contributed by atoms with E-state index in [9.17, 15) is 0 Å². The lowest BCUT2D eigenvalue weighted by atomic mass is 10.2. The molecule has 112 valence electrons. The normalized spacial score (nSPS) is 10.5. The van der Waals surface area contributed by atoms with Gasteiger partial charge in [0, 0.05) is 10.1 Å². The van der Waals surface area contributed by atoms with Crippen molar-refractivity contribution in [3.8, 4) is 11.5 Å². The molecule has 0 radical (unpaired) electrons. The molecule has 0 aliphatic heterocycles. The molecular formula is C16H17BrINO2. The van der Waals surface area contributed by atoms with Crippen molar-refractivity contribution in [3.63, 3.8) is 0 Å². The minimum atomic E-state index is 0.468. The fourth-order valence-electron chi connectivity index (χ4n) is 1.88. The second kappa shape index (κ2) is 8.00. The third-order valence-corrected chi connectivity index (χ3v) is 4.21. The lowest BCUT2D eigenvalue weighted by Gasteiger charge is -2.15. The maximum Gasteiger partial charge on any atom is 0.175 e. The number of rotatable bonds is 6. The average molecular weight is 462 g/mol. The first-order chi connectivity index (χ1) is 10.1. The van der Waals surface area contributed by atoms with Gasteiger partial charge in [0.2, 0.25) is 0 Å². The molecule has 0 fully saturated rings. The zero-order valence-electron chi connectivity index (χ0n) is 11.7. The molecule has 21 heavy (non-hydrogen) atoms. The van der Waals surface area contributed by atoms with E-state index >= 15 is 0 Å². The van der Waals surface area contributed by atoms with E-state index in [0.717, 1.165) is 21.3 Å². The van der Waals surface area contributed by atoms with Gasteiger partial charge in [-0.1, -0.05) is 12.1 Å². The molecule has 0 heterocycles. The van der Waals surface area contributed by atoms with Crippen molar-refractivity contribution in [2.75, 3.05) is 6.61 Å². The van der Waals surface area contributed by atoms with Crippen molar-refractivity contribution < 1.29 is 9.47 Å². The van der Waals surface area contributed by atoms with Crippen molar-refractivity contribution in [2.24, 2.45) is 5.73 Å². The number of benzene rings is 2. The standard InChI is InChI=1S/C16H17BrINO2/c1-2-20-15-8-12(9-19)7-14(17)16(15)21-10-11-3-5-13(18)6-4-11/h3-8H,2,9-10,19H2,1H3. The molecule has 5 heteroatoms. The zero-order valence-corrected chi connectivity index (χ0v) is 15.5. The highest BCUT2D eigenvalue weighted by Gasteiger charge is 2.12. The molecule has 0 unspecified atom stereocenters. The average Bonchev–Trinajstić information content (AvgIpc) is 2.48. The van der Waals surface area contributed by atoms with E-state index in [2.05, 4.69) is 62.8 Å². The van der Waals surface area contributed by atoms with Crippen LogP contribution in [0, 0.1) is 3.57 Å². The summed E-state index contributed by atoms with van der Waals surface area (Å²) in [5, 5.41) is 0. The summed E-state index contributed by atoms with van der Waals surface area (Å²) in [5.74, 6) is 1.44.